The largest absolute Gasteiger partial charge is 0.480 e. The summed E-state index contributed by atoms with van der Waals surface area (Å²) in [7, 11) is 3.24. The summed E-state index contributed by atoms with van der Waals surface area (Å²) in [4.78, 5) is 12.7. The molecule has 24 heavy (non-hydrogen) atoms. The van der Waals surface area contributed by atoms with Crippen LogP contribution >= 0.6 is 0 Å². The van der Waals surface area contributed by atoms with E-state index in [-0.39, 0.29) is 18.0 Å². The van der Waals surface area contributed by atoms with Crippen molar-refractivity contribution in [3.05, 3.63) is 47.2 Å². The summed E-state index contributed by atoms with van der Waals surface area (Å²) >= 11 is 0. The Morgan fingerprint density at radius 1 is 1.38 bits per heavy atom. The number of carbonyl (C=O) groups excluding carboxylic acids is 1. The van der Waals surface area contributed by atoms with Crippen LogP contribution in [0.15, 0.2) is 24.4 Å². The Morgan fingerprint density at radius 2 is 2.04 bits per heavy atom. The van der Waals surface area contributed by atoms with Gasteiger partial charge in [-0.3, -0.25) is 9.48 Å². The summed E-state index contributed by atoms with van der Waals surface area (Å²) in [6.07, 6.45) is 3.36. The SMILES string of the molecule is COc1nn(C)cc1CNC(=O)C1(c2c(F)cccc2F)CCC1. The Kier molecular flexibility index (Phi) is 4.26. The van der Waals surface area contributed by atoms with Gasteiger partial charge in [0.25, 0.3) is 0 Å². The Labute approximate surface area is 138 Å². The van der Waals surface area contributed by atoms with Crippen LogP contribution in [0.1, 0.15) is 30.4 Å². The molecular weight excluding hydrogens is 316 g/mol. The summed E-state index contributed by atoms with van der Waals surface area (Å²) in [5.41, 5.74) is -0.561. The van der Waals surface area contributed by atoms with E-state index in [1.54, 1.807) is 17.9 Å². The molecule has 1 amide bonds. The normalized spacial score (nSPS) is 15.7. The molecule has 0 spiro atoms. The van der Waals surface area contributed by atoms with Gasteiger partial charge in [0.05, 0.1) is 18.1 Å². The van der Waals surface area contributed by atoms with Crippen molar-refractivity contribution in [2.24, 2.45) is 7.05 Å². The summed E-state index contributed by atoms with van der Waals surface area (Å²) < 4.78 is 35.0. The highest BCUT2D eigenvalue weighted by atomic mass is 19.1. The van der Waals surface area contributed by atoms with E-state index in [2.05, 4.69) is 10.4 Å². The Bertz CT molecular complexity index is 749. The lowest BCUT2D eigenvalue weighted by Crippen LogP contribution is -2.50. The fraction of sp³-hybridized carbons (Fsp3) is 0.412. The molecular formula is C17H19F2N3O2. The highest BCUT2D eigenvalue weighted by molar-refractivity contribution is 5.89. The molecule has 0 bridgehead atoms. The monoisotopic (exact) mass is 335 g/mol. The zero-order chi connectivity index (χ0) is 17.3. The second-order valence-electron chi connectivity index (χ2n) is 6.05. The molecule has 1 saturated carbocycles. The predicted octanol–water partition coefficient (Wildman–Crippen LogP) is 2.45. The molecule has 0 aliphatic heterocycles. The first kappa shape index (κ1) is 16.4. The lowest BCUT2D eigenvalue weighted by molar-refractivity contribution is -0.130. The molecule has 1 aromatic heterocycles. The van der Waals surface area contributed by atoms with Crippen molar-refractivity contribution >= 4 is 5.91 Å². The van der Waals surface area contributed by atoms with Crippen molar-refractivity contribution in [2.45, 2.75) is 31.2 Å². The highest BCUT2D eigenvalue weighted by Crippen LogP contribution is 2.46. The van der Waals surface area contributed by atoms with Crippen molar-refractivity contribution in [1.82, 2.24) is 15.1 Å². The number of nitrogens with one attached hydrogen (secondary N) is 1. The van der Waals surface area contributed by atoms with Gasteiger partial charge in [0.15, 0.2) is 0 Å². The standard InChI is InChI=1S/C17H19F2N3O2/c1-22-10-11(15(21-22)24-2)9-20-16(23)17(7-4-8-17)14-12(18)5-3-6-13(14)19/h3,5-6,10H,4,7-9H2,1-2H3,(H,20,23). The average molecular weight is 335 g/mol. The maximum atomic E-state index is 14.2. The molecule has 1 aliphatic rings. The lowest BCUT2D eigenvalue weighted by atomic mass is 9.63. The number of methoxy groups -OCH3 is 1. The van der Waals surface area contributed by atoms with Gasteiger partial charge in [0.2, 0.25) is 11.8 Å². The van der Waals surface area contributed by atoms with Gasteiger partial charge in [-0.2, -0.15) is 0 Å². The van der Waals surface area contributed by atoms with E-state index in [4.69, 9.17) is 4.74 Å². The van der Waals surface area contributed by atoms with Gasteiger partial charge in [-0.25, -0.2) is 8.78 Å². The fourth-order valence-electron chi connectivity index (χ4n) is 3.23. The van der Waals surface area contributed by atoms with E-state index in [1.165, 1.54) is 25.3 Å². The first-order chi connectivity index (χ1) is 11.5. The van der Waals surface area contributed by atoms with Crippen molar-refractivity contribution in [2.75, 3.05) is 7.11 Å². The van der Waals surface area contributed by atoms with Crippen LogP contribution in [0.5, 0.6) is 5.88 Å². The van der Waals surface area contributed by atoms with Crippen LogP contribution < -0.4 is 10.1 Å². The molecule has 0 saturated heterocycles. The summed E-state index contributed by atoms with van der Waals surface area (Å²) in [5.74, 6) is -1.31. The highest BCUT2D eigenvalue weighted by Gasteiger charge is 2.48. The number of nitrogens with zero attached hydrogens (tertiary/aromatic N) is 2. The molecule has 1 aliphatic carbocycles. The number of aromatic nitrogens is 2. The molecule has 1 heterocycles. The van der Waals surface area contributed by atoms with E-state index in [1.807, 2.05) is 0 Å². The van der Waals surface area contributed by atoms with Crippen LogP contribution in [0.3, 0.4) is 0 Å². The minimum absolute atomic E-state index is 0.132. The molecule has 3 rings (SSSR count). The van der Waals surface area contributed by atoms with E-state index >= 15 is 0 Å². The molecule has 0 radical (unpaired) electrons. The van der Waals surface area contributed by atoms with Gasteiger partial charge in [-0.05, 0) is 25.0 Å². The number of ether oxygens (including phenoxy) is 1. The molecule has 0 unspecified atom stereocenters. The van der Waals surface area contributed by atoms with Crippen LogP contribution in [0.2, 0.25) is 0 Å². The molecule has 1 aromatic carbocycles. The Morgan fingerprint density at radius 3 is 2.58 bits per heavy atom. The van der Waals surface area contributed by atoms with Gasteiger partial charge in [0, 0.05) is 25.4 Å². The number of benzene rings is 1. The maximum absolute atomic E-state index is 14.2. The Balaban J connectivity index is 1.82. The van der Waals surface area contributed by atoms with Gasteiger partial charge < -0.3 is 10.1 Å². The molecule has 2 aromatic rings. The quantitative estimate of drug-likeness (QED) is 0.913. The predicted molar refractivity (Wildman–Crippen MR) is 83.5 cm³/mol. The van der Waals surface area contributed by atoms with Crippen LogP contribution in [-0.2, 0) is 23.8 Å². The molecule has 1 N–H and O–H groups in total. The molecule has 128 valence electrons. The second-order valence-corrected chi connectivity index (χ2v) is 6.05. The van der Waals surface area contributed by atoms with Crippen LogP contribution in [0.25, 0.3) is 0 Å². The van der Waals surface area contributed by atoms with E-state index in [0.717, 1.165) is 6.42 Å². The fourth-order valence-corrected chi connectivity index (χ4v) is 3.23. The summed E-state index contributed by atoms with van der Waals surface area (Å²) in [5, 5.41) is 6.89. The van der Waals surface area contributed by atoms with Crippen molar-refractivity contribution < 1.29 is 18.3 Å². The van der Waals surface area contributed by atoms with Gasteiger partial charge in [0.1, 0.15) is 11.6 Å². The van der Waals surface area contributed by atoms with Crippen LogP contribution in [0.4, 0.5) is 8.78 Å². The van der Waals surface area contributed by atoms with Gasteiger partial charge >= 0.3 is 0 Å². The summed E-state index contributed by atoms with van der Waals surface area (Å²) in [6, 6.07) is 3.69. The van der Waals surface area contributed by atoms with Crippen LogP contribution in [0, 0.1) is 11.6 Å². The number of hydrogen-bond acceptors (Lipinski definition) is 3. The number of carbonyl (C=O) groups is 1. The number of hydrogen-bond donors (Lipinski definition) is 1. The van der Waals surface area contributed by atoms with Crippen molar-refractivity contribution in [3.8, 4) is 5.88 Å². The maximum Gasteiger partial charge on any atom is 0.237 e. The topological polar surface area (TPSA) is 56.1 Å². The first-order valence-corrected chi connectivity index (χ1v) is 7.77. The van der Waals surface area contributed by atoms with Crippen LogP contribution in [-0.4, -0.2) is 22.8 Å². The molecule has 1 fully saturated rings. The number of aryl methyl sites for hydroxylation is 1. The molecule has 5 nitrogen and oxygen atoms in total. The van der Waals surface area contributed by atoms with E-state index < -0.39 is 17.0 Å². The lowest BCUT2D eigenvalue weighted by Gasteiger charge is -2.40. The third kappa shape index (κ3) is 2.64. The minimum Gasteiger partial charge on any atom is -0.480 e. The van der Waals surface area contributed by atoms with Crippen molar-refractivity contribution in [3.63, 3.8) is 0 Å². The smallest absolute Gasteiger partial charge is 0.237 e. The molecule has 0 atom stereocenters. The number of halogens is 2. The zero-order valence-corrected chi connectivity index (χ0v) is 13.6. The molecule has 7 heteroatoms. The summed E-state index contributed by atoms with van der Waals surface area (Å²) in [6.45, 7) is 0.188. The van der Waals surface area contributed by atoms with Gasteiger partial charge in [-0.1, -0.05) is 12.5 Å². The zero-order valence-electron chi connectivity index (χ0n) is 13.6. The van der Waals surface area contributed by atoms with Crippen molar-refractivity contribution in [1.29, 1.82) is 0 Å². The minimum atomic E-state index is -1.13. The third-order valence-electron chi connectivity index (χ3n) is 4.58. The van der Waals surface area contributed by atoms with E-state index in [9.17, 15) is 13.6 Å². The average Bonchev–Trinajstić information content (AvgIpc) is 2.87. The number of amides is 1. The Hall–Kier alpha value is -2.44. The first-order valence-electron chi connectivity index (χ1n) is 7.77. The second kappa shape index (κ2) is 6.22. The van der Waals surface area contributed by atoms with Gasteiger partial charge in [-0.15, -0.1) is 5.10 Å². The van der Waals surface area contributed by atoms with E-state index in [0.29, 0.717) is 24.3 Å². The third-order valence-corrected chi connectivity index (χ3v) is 4.58. The number of rotatable bonds is 5.